The van der Waals surface area contributed by atoms with Crippen molar-refractivity contribution in [2.24, 2.45) is 0 Å². The van der Waals surface area contributed by atoms with Crippen molar-refractivity contribution in [1.29, 1.82) is 0 Å². The van der Waals surface area contributed by atoms with Gasteiger partial charge in [-0.1, -0.05) is 6.92 Å². The number of halogens is 1. The van der Waals surface area contributed by atoms with Crippen molar-refractivity contribution in [3.63, 3.8) is 0 Å². The van der Waals surface area contributed by atoms with Crippen LogP contribution in [0.5, 0.6) is 0 Å². The summed E-state index contributed by atoms with van der Waals surface area (Å²) in [5.41, 5.74) is 5.62. The number of benzene rings is 1. The fraction of sp³-hybridized carbons (Fsp3) is 0.429. The fourth-order valence-corrected chi connectivity index (χ4v) is 3.11. The molecule has 1 aliphatic heterocycles. The number of carbonyl (C=O) groups is 2. The molecule has 0 bridgehead atoms. The van der Waals surface area contributed by atoms with Crippen LogP contribution in [0, 0.1) is 0 Å². The Bertz CT molecular complexity index is 561. The smallest absolute Gasteiger partial charge is 0.329 e. The lowest BCUT2D eigenvalue weighted by Crippen LogP contribution is -2.52. The summed E-state index contributed by atoms with van der Waals surface area (Å²) in [6, 6.07) is 4.91. The van der Waals surface area contributed by atoms with Crippen molar-refractivity contribution in [1.82, 2.24) is 4.90 Å². The molecule has 0 saturated carbocycles. The molecule has 1 saturated heterocycles. The summed E-state index contributed by atoms with van der Waals surface area (Å²) in [6.45, 7) is 2.28. The average Bonchev–Trinajstić information content (AvgIpc) is 2.86. The van der Waals surface area contributed by atoms with Crippen molar-refractivity contribution < 1.29 is 14.7 Å². The van der Waals surface area contributed by atoms with Crippen LogP contribution >= 0.6 is 15.9 Å². The Balaban J connectivity index is 2.36. The van der Waals surface area contributed by atoms with Crippen LogP contribution in [0.25, 0.3) is 0 Å². The molecule has 1 aromatic rings. The number of carboxylic acid groups (broad SMARTS) is 1. The van der Waals surface area contributed by atoms with Crippen LogP contribution in [0.3, 0.4) is 0 Å². The van der Waals surface area contributed by atoms with E-state index in [1.165, 1.54) is 4.90 Å². The summed E-state index contributed by atoms with van der Waals surface area (Å²) in [4.78, 5) is 25.7. The molecule has 1 atom stereocenters. The number of aliphatic carboxylic acids is 1. The summed E-state index contributed by atoms with van der Waals surface area (Å²) >= 11 is 3.29. The normalized spacial score (nSPS) is 22.0. The van der Waals surface area contributed by atoms with Gasteiger partial charge in [0.1, 0.15) is 5.54 Å². The predicted octanol–water partition coefficient (Wildman–Crippen LogP) is 2.50. The summed E-state index contributed by atoms with van der Waals surface area (Å²) in [7, 11) is 0. The molecular weight excluding hydrogens is 324 g/mol. The van der Waals surface area contributed by atoms with E-state index in [9.17, 15) is 14.7 Å². The number of nitrogens with two attached hydrogens (primary N) is 1. The second-order valence-corrected chi connectivity index (χ2v) is 5.84. The van der Waals surface area contributed by atoms with Crippen molar-refractivity contribution in [2.75, 3.05) is 12.3 Å². The molecule has 1 amide bonds. The summed E-state index contributed by atoms with van der Waals surface area (Å²) < 4.78 is 0.639. The SMILES string of the molecule is CCC1(C(=O)O)CCCN1C(=O)c1ccc(N)c(Br)c1. The molecule has 0 radical (unpaired) electrons. The number of carbonyl (C=O) groups excluding carboxylic acids is 1. The van der Waals surface area contributed by atoms with Gasteiger partial charge in [-0.25, -0.2) is 4.79 Å². The maximum absolute atomic E-state index is 12.6. The van der Waals surface area contributed by atoms with Gasteiger partial charge in [-0.3, -0.25) is 4.79 Å². The maximum Gasteiger partial charge on any atom is 0.329 e. The van der Waals surface area contributed by atoms with E-state index in [1.807, 2.05) is 0 Å². The van der Waals surface area contributed by atoms with Crippen LogP contribution in [0.2, 0.25) is 0 Å². The number of nitrogens with zero attached hydrogens (tertiary/aromatic N) is 1. The zero-order chi connectivity index (χ0) is 14.9. The lowest BCUT2D eigenvalue weighted by atomic mass is 9.92. The van der Waals surface area contributed by atoms with Crippen molar-refractivity contribution in [3.05, 3.63) is 28.2 Å². The number of hydrogen-bond acceptors (Lipinski definition) is 3. The summed E-state index contributed by atoms with van der Waals surface area (Å²) in [5.74, 6) is -1.19. The molecule has 1 aliphatic rings. The van der Waals surface area contributed by atoms with E-state index < -0.39 is 11.5 Å². The van der Waals surface area contributed by atoms with Gasteiger partial charge in [0, 0.05) is 22.3 Å². The lowest BCUT2D eigenvalue weighted by Gasteiger charge is -2.34. The van der Waals surface area contributed by atoms with Crippen LogP contribution in [-0.2, 0) is 4.79 Å². The number of amides is 1. The molecule has 20 heavy (non-hydrogen) atoms. The van der Waals surface area contributed by atoms with E-state index in [2.05, 4.69) is 15.9 Å². The topological polar surface area (TPSA) is 83.6 Å². The van der Waals surface area contributed by atoms with Gasteiger partial charge in [0.05, 0.1) is 0 Å². The molecule has 6 heteroatoms. The lowest BCUT2D eigenvalue weighted by molar-refractivity contribution is -0.148. The van der Waals surface area contributed by atoms with Crippen molar-refractivity contribution in [2.45, 2.75) is 31.7 Å². The highest BCUT2D eigenvalue weighted by Gasteiger charge is 2.48. The number of likely N-dealkylation sites (tertiary alicyclic amines) is 1. The number of rotatable bonds is 3. The first kappa shape index (κ1) is 14.8. The second kappa shape index (κ2) is 5.44. The number of carboxylic acids is 1. The first-order valence-electron chi connectivity index (χ1n) is 6.53. The van der Waals surface area contributed by atoms with Crippen LogP contribution in [0.4, 0.5) is 5.69 Å². The Kier molecular flexibility index (Phi) is 4.04. The largest absolute Gasteiger partial charge is 0.479 e. The van der Waals surface area contributed by atoms with E-state index in [0.717, 1.165) is 0 Å². The van der Waals surface area contributed by atoms with Crippen LogP contribution in [-0.4, -0.2) is 34.0 Å². The molecule has 108 valence electrons. The highest BCUT2D eigenvalue weighted by molar-refractivity contribution is 9.10. The van der Waals surface area contributed by atoms with Gasteiger partial charge in [-0.05, 0) is 53.4 Å². The van der Waals surface area contributed by atoms with Gasteiger partial charge in [-0.15, -0.1) is 0 Å². The molecule has 0 aromatic heterocycles. The van der Waals surface area contributed by atoms with Crippen molar-refractivity contribution >= 4 is 33.5 Å². The molecule has 3 N–H and O–H groups in total. The van der Waals surface area contributed by atoms with Gasteiger partial charge < -0.3 is 15.7 Å². The molecule has 2 rings (SSSR count). The zero-order valence-electron chi connectivity index (χ0n) is 11.2. The third kappa shape index (κ3) is 2.28. The third-order valence-electron chi connectivity index (χ3n) is 3.96. The number of nitrogen functional groups attached to an aromatic ring is 1. The Morgan fingerprint density at radius 1 is 1.50 bits per heavy atom. The Morgan fingerprint density at radius 3 is 2.75 bits per heavy atom. The van der Waals surface area contributed by atoms with Gasteiger partial charge in [0.2, 0.25) is 0 Å². The van der Waals surface area contributed by atoms with Gasteiger partial charge in [-0.2, -0.15) is 0 Å². The fourth-order valence-electron chi connectivity index (χ4n) is 2.73. The maximum atomic E-state index is 12.6. The minimum absolute atomic E-state index is 0.257. The summed E-state index contributed by atoms with van der Waals surface area (Å²) in [5, 5.41) is 9.51. The standard InChI is InChI=1S/C14H17BrN2O3/c1-2-14(13(19)20)6-3-7-17(14)12(18)9-4-5-11(16)10(15)8-9/h4-5,8H,2-3,6-7,16H2,1H3,(H,19,20). The number of hydrogen-bond donors (Lipinski definition) is 2. The molecule has 0 spiro atoms. The summed E-state index contributed by atoms with van der Waals surface area (Å²) in [6.07, 6.45) is 1.62. The van der Waals surface area contributed by atoms with E-state index in [1.54, 1.807) is 25.1 Å². The van der Waals surface area contributed by atoms with Gasteiger partial charge in [0.25, 0.3) is 5.91 Å². The first-order chi connectivity index (χ1) is 9.42. The molecule has 1 fully saturated rings. The predicted molar refractivity (Wildman–Crippen MR) is 79.5 cm³/mol. The Morgan fingerprint density at radius 2 is 2.20 bits per heavy atom. The zero-order valence-corrected chi connectivity index (χ0v) is 12.8. The van der Waals surface area contributed by atoms with E-state index >= 15 is 0 Å². The van der Waals surface area contributed by atoms with Gasteiger partial charge in [0.15, 0.2) is 0 Å². The van der Waals surface area contributed by atoms with Gasteiger partial charge >= 0.3 is 5.97 Å². The minimum Gasteiger partial charge on any atom is -0.479 e. The highest BCUT2D eigenvalue weighted by Crippen LogP contribution is 2.34. The quantitative estimate of drug-likeness (QED) is 0.828. The molecule has 0 aliphatic carbocycles. The molecule has 5 nitrogen and oxygen atoms in total. The van der Waals surface area contributed by atoms with Crippen molar-refractivity contribution in [3.8, 4) is 0 Å². The minimum atomic E-state index is -1.08. The molecular formula is C14H17BrN2O3. The van der Waals surface area contributed by atoms with E-state index in [-0.39, 0.29) is 5.91 Å². The van der Waals surface area contributed by atoms with Crippen LogP contribution < -0.4 is 5.73 Å². The average molecular weight is 341 g/mol. The Labute approximate surface area is 125 Å². The third-order valence-corrected chi connectivity index (χ3v) is 4.65. The Hall–Kier alpha value is -1.56. The van der Waals surface area contributed by atoms with E-state index in [4.69, 9.17) is 5.73 Å². The highest BCUT2D eigenvalue weighted by atomic mass is 79.9. The van der Waals surface area contributed by atoms with Crippen LogP contribution in [0.1, 0.15) is 36.5 Å². The van der Waals surface area contributed by atoms with E-state index in [0.29, 0.717) is 41.5 Å². The first-order valence-corrected chi connectivity index (χ1v) is 7.32. The molecule has 1 aromatic carbocycles. The second-order valence-electron chi connectivity index (χ2n) is 4.99. The molecule has 1 heterocycles. The molecule has 1 unspecified atom stereocenters. The monoisotopic (exact) mass is 340 g/mol. The number of anilines is 1. The van der Waals surface area contributed by atoms with Crippen LogP contribution in [0.15, 0.2) is 22.7 Å².